The van der Waals surface area contributed by atoms with Crippen molar-refractivity contribution in [1.82, 2.24) is 20.6 Å². The molecule has 0 saturated heterocycles. The van der Waals surface area contributed by atoms with E-state index in [9.17, 15) is 14.7 Å². The molecule has 3 atom stereocenters. The lowest BCUT2D eigenvalue weighted by Gasteiger charge is -2.31. The second kappa shape index (κ2) is 9.72. The zero-order chi connectivity index (χ0) is 19.8. The van der Waals surface area contributed by atoms with E-state index in [4.69, 9.17) is 4.74 Å². The molecule has 1 aliphatic heterocycles. The number of aliphatic hydroxyl groups excluding tert-OH is 1. The number of benzene rings is 1. The zero-order valence-electron chi connectivity index (χ0n) is 15.2. The first-order valence-electron chi connectivity index (χ1n) is 8.98. The van der Waals surface area contributed by atoms with Gasteiger partial charge in [0.2, 0.25) is 5.91 Å². The number of aliphatic hydroxyl groups is 1. The van der Waals surface area contributed by atoms with Crippen molar-refractivity contribution in [3.8, 4) is 0 Å². The molecule has 2 amide bonds. The predicted molar refractivity (Wildman–Crippen MR) is 101 cm³/mol. The van der Waals surface area contributed by atoms with Gasteiger partial charge in [-0.25, -0.2) is 9.97 Å². The smallest absolute Gasteiger partial charge is 0.251 e. The molecule has 2 heterocycles. The van der Waals surface area contributed by atoms with Gasteiger partial charge < -0.3 is 20.5 Å². The number of nitrogens with one attached hydrogen (secondary N) is 2. The monoisotopic (exact) mass is 382 g/mol. The minimum atomic E-state index is -0.627. The number of ether oxygens (including phenoxy) is 1. The van der Waals surface area contributed by atoms with Gasteiger partial charge >= 0.3 is 0 Å². The van der Waals surface area contributed by atoms with Crippen molar-refractivity contribution < 1.29 is 19.4 Å². The van der Waals surface area contributed by atoms with Gasteiger partial charge in [0.05, 0.1) is 37.4 Å². The molecule has 3 rings (SSSR count). The highest BCUT2D eigenvalue weighted by Gasteiger charge is 2.29. The Morgan fingerprint density at radius 2 is 1.96 bits per heavy atom. The molecule has 28 heavy (non-hydrogen) atoms. The van der Waals surface area contributed by atoms with Gasteiger partial charge in [0, 0.05) is 11.8 Å². The largest absolute Gasteiger partial charge is 0.394 e. The molecule has 8 heteroatoms. The Hall–Kier alpha value is -3.10. The van der Waals surface area contributed by atoms with E-state index in [1.165, 1.54) is 6.33 Å². The van der Waals surface area contributed by atoms with E-state index in [1.807, 2.05) is 6.07 Å². The number of amides is 2. The molecule has 1 aliphatic rings. The van der Waals surface area contributed by atoms with Gasteiger partial charge in [0.15, 0.2) is 0 Å². The van der Waals surface area contributed by atoms with Crippen molar-refractivity contribution in [2.24, 2.45) is 0 Å². The van der Waals surface area contributed by atoms with Gasteiger partial charge in [-0.1, -0.05) is 30.4 Å². The van der Waals surface area contributed by atoms with E-state index in [-0.39, 0.29) is 24.8 Å². The van der Waals surface area contributed by atoms with Crippen LogP contribution in [0.4, 0.5) is 0 Å². The van der Waals surface area contributed by atoms with Crippen LogP contribution in [0, 0.1) is 0 Å². The molecule has 0 aliphatic carbocycles. The molecule has 0 radical (unpaired) electrons. The van der Waals surface area contributed by atoms with Crippen LogP contribution in [-0.2, 0) is 16.1 Å². The number of aromatic nitrogens is 2. The first kappa shape index (κ1) is 19.7. The molecular weight excluding hydrogens is 360 g/mol. The lowest BCUT2D eigenvalue weighted by molar-refractivity contribution is -0.125. The summed E-state index contributed by atoms with van der Waals surface area (Å²) >= 11 is 0. The van der Waals surface area contributed by atoms with Gasteiger partial charge in [0.1, 0.15) is 12.4 Å². The molecule has 0 fully saturated rings. The van der Waals surface area contributed by atoms with Crippen LogP contribution in [0.15, 0.2) is 61.1 Å². The Bertz CT molecular complexity index is 813. The maximum atomic E-state index is 12.3. The van der Waals surface area contributed by atoms with E-state index >= 15 is 0 Å². The van der Waals surface area contributed by atoms with Gasteiger partial charge in [-0.05, 0) is 18.2 Å². The highest BCUT2D eigenvalue weighted by atomic mass is 16.5. The maximum Gasteiger partial charge on any atom is 0.251 e. The zero-order valence-corrected chi connectivity index (χ0v) is 15.2. The van der Waals surface area contributed by atoms with Crippen molar-refractivity contribution >= 4 is 11.8 Å². The average molecular weight is 382 g/mol. The van der Waals surface area contributed by atoms with Crippen molar-refractivity contribution in [3.63, 3.8) is 0 Å². The molecule has 1 aromatic carbocycles. The highest BCUT2D eigenvalue weighted by molar-refractivity contribution is 5.94. The molecule has 0 unspecified atom stereocenters. The summed E-state index contributed by atoms with van der Waals surface area (Å²) in [5.74, 6) is -0.449. The standard InChI is InChI=1S/C20H22N4O4/c25-12-18-17(24-20(27)14-4-2-1-3-5-14)7-6-16(28-18)10-19(26)22-11-15-8-9-21-13-23-15/h1-9,13,16-18,25H,10-12H2,(H,22,26)(H,24,27)/t16-,17-,18+/m0/s1. The molecule has 8 nitrogen and oxygen atoms in total. The van der Waals surface area contributed by atoms with E-state index in [0.29, 0.717) is 17.8 Å². The Balaban J connectivity index is 1.52. The summed E-state index contributed by atoms with van der Waals surface area (Å²) in [7, 11) is 0. The highest BCUT2D eigenvalue weighted by Crippen LogP contribution is 2.16. The fourth-order valence-electron chi connectivity index (χ4n) is 2.83. The first-order chi connectivity index (χ1) is 13.7. The average Bonchev–Trinajstić information content (AvgIpc) is 2.74. The first-order valence-corrected chi connectivity index (χ1v) is 8.98. The Morgan fingerprint density at radius 1 is 1.14 bits per heavy atom. The molecule has 1 aromatic heterocycles. The fraction of sp³-hybridized carbons (Fsp3) is 0.300. The SMILES string of the molecule is O=C(C[C@@H]1C=C[C@H](NC(=O)c2ccccc2)[C@@H](CO)O1)NCc1ccncn1. The summed E-state index contributed by atoms with van der Waals surface area (Å²) in [6.07, 6.45) is 5.52. The molecular formula is C20H22N4O4. The van der Waals surface area contributed by atoms with Gasteiger partial charge in [-0.3, -0.25) is 9.59 Å². The lowest BCUT2D eigenvalue weighted by Crippen LogP contribution is -2.49. The van der Waals surface area contributed by atoms with Crippen molar-refractivity contribution in [3.05, 3.63) is 72.3 Å². The maximum absolute atomic E-state index is 12.3. The van der Waals surface area contributed by atoms with Crippen molar-refractivity contribution in [2.75, 3.05) is 6.61 Å². The number of nitrogens with zero attached hydrogens (tertiary/aromatic N) is 2. The molecule has 0 spiro atoms. The van der Waals surface area contributed by atoms with Crippen LogP contribution in [0.5, 0.6) is 0 Å². The third kappa shape index (κ3) is 5.45. The normalized spacial score (nSPS) is 21.1. The summed E-state index contributed by atoms with van der Waals surface area (Å²) in [6, 6.07) is 10.1. The van der Waals surface area contributed by atoms with Crippen LogP contribution < -0.4 is 10.6 Å². The molecule has 0 bridgehead atoms. The second-order valence-corrected chi connectivity index (χ2v) is 6.33. The van der Waals surface area contributed by atoms with Crippen LogP contribution >= 0.6 is 0 Å². The Kier molecular flexibility index (Phi) is 6.83. The van der Waals surface area contributed by atoms with Crippen LogP contribution in [0.2, 0.25) is 0 Å². The Labute approximate surface area is 162 Å². The van der Waals surface area contributed by atoms with Crippen molar-refractivity contribution in [2.45, 2.75) is 31.2 Å². The molecule has 0 saturated carbocycles. The lowest BCUT2D eigenvalue weighted by atomic mass is 10.0. The van der Waals surface area contributed by atoms with Crippen LogP contribution in [0.3, 0.4) is 0 Å². The summed E-state index contributed by atoms with van der Waals surface area (Å²) < 4.78 is 5.77. The summed E-state index contributed by atoms with van der Waals surface area (Å²) in [6.45, 7) is 0.0279. The van der Waals surface area contributed by atoms with Crippen LogP contribution in [-0.4, -0.2) is 51.7 Å². The van der Waals surface area contributed by atoms with E-state index in [1.54, 1.807) is 48.7 Å². The summed E-state index contributed by atoms with van der Waals surface area (Å²) in [5, 5.41) is 15.2. The van der Waals surface area contributed by atoms with E-state index in [0.717, 1.165) is 0 Å². The topological polar surface area (TPSA) is 113 Å². The third-order valence-electron chi connectivity index (χ3n) is 4.29. The third-order valence-corrected chi connectivity index (χ3v) is 4.29. The predicted octanol–water partition coefficient (Wildman–Crippen LogP) is 0.597. The number of hydrogen-bond donors (Lipinski definition) is 3. The Morgan fingerprint density at radius 3 is 2.68 bits per heavy atom. The van der Waals surface area contributed by atoms with Gasteiger partial charge in [0.25, 0.3) is 5.91 Å². The number of carbonyl (C=O) groups is 2. The molecule has 3 N–H and O–H groups in total. The number of rotatable bonds is 7. The second-order valence-electron chi connectivity index (χ2n) is 6.33. The van der Waals surface area contributed by atoms with Gasteiger partial charge in [-0.15, -0.1) is 0 Å². The minimum Gasteiger partial charge on any atom is -0.394 e. The molecule has 2 aromatic rings. The summed E-state index contributed by atoms with van der Waals surface area (Å²) in [5.41, 5.74) is 1.24. The number of hydrogen-bond acceptors (Lipinski definition) is 6. The number of carbonyl (C=O) groups excluding carboxylic acids is 2. The van der Waals surface area contributed by atoms with E-state index < -0.39 is 18.2 Å². The van der Waals surface area contributed by atoms with Gasteiger partial charge in [-0.2, -0.15) is 0 Å². The van der Waals surface area contributed by atoms with Crippen LogP contribution in [0.25, 0.3) is 0 Å². The fourth-order valence-corrected chi connectivity index (χ4v) is 2.83. The van der Waals surface area contributed by atoms with E-state index in [2.05, 4.69) is 20.6 Å². The quantitative estimate of drug-likeness (QED) is 0.605. The van der Waals surface area contributed by atoms with Crippen LogP contribution in [0.1, 0.15) is 22.5 Å². The minimum absolute atomic E-state index is 0.109. The molecule has 146 valence electrons. The van der Waals surface area contributed by atoms with Crippen molar-refractivity contribution in [1.29, 1.82) is 0 Å². The summed E-state index contributed by atoms with van der Waals surface area (Å²) in [4.78, 5) is 32.3.